The highest BCUT2D eigenvalue weighted by atomic mass is 79.9. The summed E-state index contributed by atoms with van der Waals surface area (Å²) < 4.78 is 0.897. The molecule has 3 nitrogen and oxygen atoms in total. The first-order valence-corrected chi connectivity index (χ1v) is 7.06. The molecule has 3 N–H and O–H groups in total. The molecule has 0 saturated heterocycles. The molecule has 0 atom stereocenters. The number of anilines is 1. The Morgan fingerprint density at radius 1 is 1.39 bits per heavy atom. The van der Waals surface area contributed by atoms with E-state index in [4.69, 9.17) is 5.73 Å². The highest BCUT2D eigenvalue weighted by molar-refractivity contribution is 9.10. The van der Waals surface area contributed by atoms with Gasteiger partial charge in [0, 0.05) is 11.0 Å². The molecule has 0 unspecified atom stereocenters. The van der Waals surface area contributed by atoms with Gasteiger partial charge in [0.05, 0.1) is 11.1 Å². The van der Waals surface area contributed by atoms with Crippen LogP contribution in [0.15, 0.2) is 22.7 Å². The van der Waals surface area contributed by atoms with Crippen LogP contribution in [0.2, 0.25) is 0 Å². The molecule has 4 heteroatoms. The molecule has 0 aliphatic carbocycles. The summed E-state index contributed by atoms with van der Waals surface area (Å²) in [4.78, 5) is 12.4. The van der Waals surface area contributed by atoms with E-state index in [1.807, 2.05) is 39.0 Å². The van der Waals surface area contributed by atoms with Gasteiger partial charge in [-0.15, -0.1) is 0 Å². The van der Waals surface area contributed by atoms with Crippen molar-refractivity contribution in [2.75, 3.05) is 11.9 Å². The fraction of sp³-hybridized carbons (Fsp3) is 0.500. The van der Waals surface area contributed by atoms with Crippen LogP contribution in [0, 0.1) is 12.3 Å². The molecule has 0 aromatic heterocycles. The lowest BCUT2D eigenvalue weighted by Crippen LogP contribution is -2.41. The lowest BCUT2D eigenvalue weighted by atomic mass is 9.81. The summed E-state index contributed by atoms with van der Waals surface area (Å²) in [6.45, 7) is 6.38. The first kappa shape index (κ1) is 15.2. The van der Waals surface area contributed by atoms with Crippen LogP contribution in [-0.4, -0.2) is 12.5 Å². The van der Waals surface area contributed by atoms with Crippen LogP contribution in [0.25, 0.3) is 0 Å². The molecule has 100 valence electrons. The minimum Gasteiger partial charge on any atom is -0.329 e. The van der Waals surface area contributed by atoms with Gasteiger partial charge in [-0.05, 0) is 53.4 Å². The number of carbonyl (C=O) groups excluding carboxylic acids is 1. The summed E-state index contributed by atoms with van der Waals surface area (Å²) in [6.07, 6.45) is 1.49. The van der Waals surface area contributed by atoms with Gasteiger partial charge >= 0.3 is 0 Å². The molecule has 0 radical (unpaired) electrons. The zero-order chi connectivity index (χ0) is 13.8. The van der Waals surface area contributed by atoms with Crippen molar-refractivity contribution in [2.45, 2.75) is 33.6 Å². The Morgan fingerprint density at radius 3 is 2.44 bits per heavy atom. The van der Waals surface area contributed by atoms with Crippen molar-refractivity contribution in [1.82, 2.24) is 0 Å². The smallest absolute Gasteiger partial charge is 0.231 e. The second-order valence-corrected chi connectivity index (χ2v) is 5.48. The third-order valence-corrected chi connectivity index (χ3v) is 4.25. The fourth-order valence-electron chi connectivity index (χ4n) is 1.93. The van der Waals surface area contributed by atoms with E-state index in [1.54, 1.807) is 0 Å². The van der Waals surface area contributed by atoms with Gasteiger partial charge < -0.3 is 11.1 Å². The van der Waals surface area contributed by atoms with E-state index in [-0.39, 0.29) is 5.91 Å². The summed E-state index contributed by atoms with van der Waals surface area (Å²) in [7, 11) is 0. The monoisotopic (exact) mass is 312 g/mol. The number of carbonyl (C=O) groups is 1. The lowest BCUT2D eigenvalue weighted by Gasteiger charge is -2.28. The molecule has 0 aliphatic rings. The van der Waals surface area contributed by atoms with Crippen molar-refractivity contribution in [3.8, 4) is 0 Å². The van der Waals surface area contributed by atoms with Crippen LogP contribution in [0.5, 0.6) is 0 Å². The van der Waals surface area contributed by atoms with Crippen LogP contribution in [0.4, 0.5) is 5.69 Å². The number of hydrogen-bond donors (Lipinski definition) is 2. The van der Waals surface area contributed by atoms with Crippen molar-refractivity contribution in [3.05, 3.63) is 28.2 Å². The molecule has 0 aliphatic heterocycles. The predicted molar refractivity (Wildman–Crippen MR) is 79.6 cm³/mol. The standard InChI is InChI=1S/C14H21BrN2O/c1-4-14(5-2,9-16)13(18)17-12-7-6-10(3)8-11(12)15/h6-8H,4-5,9,16H2,1-3H3,(H,17,18). The van der Waals surface area contributed by atoms with Crippen LogP contribution >= 0.6 is 15.9 Å². The fourth-order valence-corrected chi connectivity index (χ4v) is 2.52. The Hall–Kier alpha value is -0.870. The molecule has 1 rings (SSSR count). The Balaban J connectivity index is 2.93. The van der Waals surface area contributed by atoms with Crippen molar-refractivity contribution < 1.29 is 4.79 Å². The summed E-state index contributed by atoms with van der Waals surface area (Å²) in [5, 5.41) is 2.97. The Kier molecular flexibility index (Phi) is 5.35. The second-order valence-electron chi connectivity index (χ2n) is 4.63. The molecular weight excluding hydrogens is 292 g/mol. The summed E-state index contributed by atoms with van der Waals surface area (Å²) in [5.74, 6) is -0.000414. The van der Waals surface area contributed by atoms with Gasteiger partial charge in [-0.1, -0.05) is 19.9 Å². The number of nitrogens with two attached hydrogens (primary N) is 1. The van der Waals surface area contributed by atoms with Gasteiger partial charge in [0.1, 0.15) is 0 Å². The minimum absolute atomic E-state index is 0.000414. The maximum atomic E-state index is 12.4. The highest BCUT2D eigenvalue weighted by Crippen LogP contribution is 2.29. The van der Waals surface area contributed by atoms with E-state index >= 15 is 0 Å². The largest absolute Gasteiger partial charge is 0.329 e. The van der Waals surface area contributed by atoms with Gasteiger partial charge in [-0.25, -0.2) is 0 Å². The topological polar surface area (TPSA) is 55.1 Å². The maximum Gasteiger partial charge on any atom is 0.231 e. The average Bonchev–Trinajstić information content (AvgIpc) is 2.36. The van der Waals surface area contributed by atoms with Crippen molar-refractivity contribution >= 4 is 27.5 Å². The van der Waals surface area contributed by atoms with E-state index in [2.05, 4.69) is 21.2 Å². The molecular formula is C14H21BrN2O. The molecule has 0 heterocycles. The summed E-state index contributed by atoms with van der Waals surface area (Å²) in [5.41, 5.74) is 7.25. The number of benzene rings is 1. The van der Waals surface area contributed by atoms with Crippen LogP contribution in [0.1, 0.15) is 32.3 Å². The van der Waals surface area contributed by atoms with Crippen LogP contribution in [-0.2, 0) is 4.79 Å². The highest BCUT2D eigenvalue weighted by Gasteiger charge is 2.33. The molecule has 0 bridgehead atoms. The van der Waals surface area contributed by atoms with E-state index in [0.717, 1.165) is 28.6 Å². The van der Waals surface area contributed by atoms with E-state index in [0.29, 0.717) is 6.54 Å². The Morgan fingerprint density at radius 2 is 2.00 bits per heavy atom. The van der Waals surface area contributed by atoms with Crippen molar-refractivity contribution in [1.29, 1.82) is 0 Å². The number of nitrogens with one attached hydrogen (secondary N) is 1. The van der Waals surface area contributed by atoms with Crippen molar-refractivity contribution in [3.63, 3.8) is 0 Å². The van der Waals surface area contributed by atoms with Crippen LogP contribution in [0.3, 0.4) is 0 Å². The first-order valence-electron chi connectivity index (χ1n) is 6.26. The lowest BCUT2D eigenvalue weighted by molar-refractivity contribution is -0.125. The summed E-state index contributed by atoms with van der Waals surface area (Å²) in [6, 6.07) is 5.87. The molecule has 1 aromatic carbocycles. The number of hydrogen-bond acceptors (Lipinski definition) is 2. The quantitative estimate of drug-likeness (QED) is 0.874. The number of aryl methyl sites for hydroxylation is 1. The minimum atomic E-state index is -0.468. The maximum absolute atomic E-state index is 12.4. The zero-order valence-electron chi connectivity index (χ0n) is 11.2. The second kappa shape index (κ2) is 6.34. The number of rotatable bonds is 5. The number of amides is 1. The molecule has 0 fully saturated rings. The van der Waals surface area contributed by atoms with E-state index in [9.17, 15) is 4.79 Å². The van der Waals surface area contributed by atoms with Crippen molar-refractivity contribution in [2.24, 2.45) is 11.1 Å². The predicted octanol–water partition coefficient (Wildman–Crippen LogP) is 3.46. The number of halogens is 1. The molecule has 0 spiro atoms. The van der Waals surface area contributed by atoms with Gasteiger partial charge in [-0.2, -0.15) is 0 Å². The normalized spacial score (nSPS) is 11.4. The SMILES string of the molecule is CCC(CC)(CN)C(=O)Nc1ccc(C)cc1Br. The molecule has 18 heavy (non-hydrogen) atoms. The average molecular weight is 313 g/mol. The first-order chi connectivity index (χ1) is 8.49. The molecule has 1 amide bonds. The third-order valence-electron chi connectivity index (χ3n) is 3.60. The Labute approximate surface area is 117 Å². The molecule has 0 saturated carbocycles. The summed E-state index contributed by atoms with van der Waals surface area (Å²) >= 11 is 3.46. The van der Waals surface area contributed by atoms with Gasteiger partial charge in [0.2, 0.25) is 5.91 Å². The van der Waals surface area contributed by atoms with Gasteiger partial charge in [0.15, 0.2) is 0 Å². The van der Waals surface area contributed by atoms with E-state index in [1.165, 1.54) is 0 Å². The van der Waals surface area contributed by atoms with Gasteiger partial charge in [-0.3, -0.25) is 4.79 Å². The van der Waals surface area contributed by atoms with Crippen LogP contribution < -0.4 is 11.1 Å². The van der Waals surface area contributed by atoms with E-state index < -0.39 is 5.41 Å². The molecule has 1 aromatic rings. The van der Waals surface area contributed by atoms with Gasteiger partial charge in [0.25, 0.3) is 0 Å². The zero-order valence-corrected chi connectivity index (χ0v) is 12.8. The Bertz CT molecular complexity index is 420. The third kappa shape index (κ3) is 3.12.